The van der Waals surface area contributed by atoms with Gasteiger partial charge in [-0.1, -0.05) is 23.7 Å². The number of rotatable bonds is 5. The molecular weight excluding hydrogens is 374 g/mol. The van der Waals surface area contributed by atoms with E-state index in [2.05, 4.69) is 10.3 Å². The van der Waals surface area contributed by atoms with Crippen molar-refractivity contribution < 1.29 is 9.53 Å². The van der Waals surface area contributed by atoms with Crippen molar-refractivity contribution in [1.29, 1.82) is 0 Å². The topological polar surface area (TPSA) is 55.6 Å². The molecular formula is C22H18ClN3O2. The molecule has 1 amide bonds. The average Bonchev–Trinajstić information content (AvgIpc) is 3.11. The molecule has 5 nitrogen and oxygen atoms in total. The van der Waals surface area contributed by atoms with Crippen molar-refractivity contribution in [1.82, 2.24) is 9.38 Å². The largest absolute Gasteiger partial charge is 0.484 e. The van der Waals surface area contributed by atoms with Crippen LogP contribution in [0, 0.1) is 6.92 Å². The lowest BCUT2D eigenvalue weighted by Gasteiger charge is -2.08. The lowest BCUT2D eigenvalue weighted by atomic mass is 10.1. The fraction of sp³-hybridized carbons (Fsp3) is 0.0909. The Morgan fingerprint density at radius 1 is 1.14 bits per heavy atom. The van der Waals surface area contributed by atoms with E-state index in [9.17, 15) is 4.79 Å². The van der Waals surface area contributed by atoms with Gasteiger partial charge in [-0.3, -0.25) is 4.79 Å². The lowest BCUT2D eigenvalue weighted by Crippen LogP contribution is -2.20. The Morgan fingerprint density at radius 3 is 2.79 bits per heavy atom. The number of carbonyl (C=O) groups is 1. The zero-order chi connectivity index (χ0) is 19.5. The van der Waals surface area contributed by atoms with E-state index in [-0.39, 0.29) is 12.5 Å². The molecule has 0 saturated heterocycles. The minimum absolute atomic E-state index is 0.0838. The zero-order valence-electron chi connectivity index (χ0n) is 15.2. The highest BCUT2D eigenvalue weighted by atomic mass is 35.5. The van der Waals surface area contributed by atoms with Gasteiger partial charge in [-0.05, 0) is 61.0 Å². The third-order valence-corrected chi connectivity index (χ3v) is 4.49. The third-order valence-electron chi connectivity index (χ3n) is 4.24. The second kappa shape index (κ2) is 7.74. The smallest absolute Gasteiger partial charge is 0.262 e. The molecule has 0 atom stereocenters. The van der Waals surface area contributed by atoms with Gasteiger partial charge in [-0.25, -0.2) is 4.98 Å². The number of carbonyl (C=O) groups excluding carboxylic acids is 1. The first kappa shape index (κ1) is 18.1. The zero-order valence-corrected chi connectivity index (χ0v) is 16.0. The monoisotopic (exact) mass is 391 g/mol. The number of halogens is 1. The van der Waals surface area contributed by atoms with Gasteiger partial charge < -0.3 is 14.5 Å². The van der Waals surface area contributed by atoms with E-state index >= 15 is 0 Å². The van der Waals surface area contributed by atoms with E-state index in [4.69, 9.17) is 16.3 Å². The number of fused-ring (bicyclic) bond motifs is 1. The number of pyridine rings is 1. The maximum absolute atomic E-state index is 12.2. The molecule has 6 heteroatoms. The number of ether oxygens (including phenoxy) is 1. The molecule has 0 saturated carbocycles. The number of aryl methyl sites for hydroxylation is 1. The highest BCUT2D eigenvalue weighted by molar-refractivity contribution is 6.30. The second-order valence-corrected chi connectivity index (χ2v) is 6.90. The minimum atomic E-state index is -0.238. The van der Waals surface area contributed by atoms with Crippen LogP contribution in [0.2, 0.25) is 5.02 Å². The molecule has 2 heterocycles. The standard InChI is InChI=1S/C22H18ClN3O2/c1-15-9-10-26-13-20(25-21(26)11-15)16-3-2-4-18(12-16)24-22(27)14-28-19-7-5-17(23)6-8-19/h2-13H,14H2,1H3,(H,24,27). The summed E-state index contributed by atoms with van der Waals surface area (Å²) in [7, 11) is 0. The van der Waals surface area contributed by atoms with Gasteiger partial charge in [-0.2, -0.15) is 0 Å². The summed E-state index contributed by atoms with van der Waals surface area (Å²) in [5.74, 6) is 0.353. The fourth-order valence-corrected chi connectivity index (χ4v) is 2.98. The van der Waals surface area contributed by atoms with Crippen LogP contribution >= 0.6 is 11.6 Å². The van der Waals surface area contributed by atoms with Crippen molar-refractivity contribution in [3.63, 3.8) is 0 Å². The molecule has 0 fully saturated rings. The van der Waals surface area contributed by atoms with E-state index in [1.807, 2.05) is 60.1 Å². The normalized spacial score (nSPS) is 10.8. The van der Waals surface area contributed by atoms with Gasteiger partial charge in [0.05, 0.1) is 5.69 Å². The second-order valence-electron chi connectivity index (χ2n) is 6.47. The molecule has 4 rings (SSSR count). The van der Waals surface area contributed by atoms with Gasteiger partial charge in [0.15, 0.2) is 6.61 Å². The van der Waals surface area contributed by atoms with E-state index < -0.39 is 0 Å². The summed E-state index contributed by atoms with van der Waals surface area (Å²) in [6, 6.07) is 18.5. The van der Waals surface area contributed by atoms with Gasteiger partial charge in [0.1, 0.15) is 11.4 Å². The Hall–Kier alpha value is -3.31. The molecule has 0 spiro atoms. The van der Waals surface area contributed by atoms with Crippen molar-refractivity contribution in [2.45, 2.75) is 6.92 Å². The molecule has 2 aromatic carbocycles. The van der Waals surface area contributed by atoms with Crippen molar-refractivity contribution in [2.24, 2.45) is 0 Å². The predicted octanol–water partition coefficient (Wildman–Crippen LogP) is 4.98. The first-order valence-corrected chi connectivity index (χ1v) is 9.19. The Kier molecular flexibility index (Phi) is 5.00. The summed E-state index contributed by atoms with van der Waals surface area (Å²) >= 11 is 5.84. The van der Waals surface area contributed by atoms with Crippen molar-refractivity contribution in [3.8, 4) is 17.0 Å². The molecule has 0 aliphatic carbocycles. The van der Waals surface area contributed by atoms with Crippen molar-refractivity contribution in [2.75, 3.05) is 11.9 Å². The number of anilines is 1. The maximum Gasteiger partial charge on any atom is 0.262 e. The Bertz CT molecular complexity index is 1140. The highest BCUT2D eigenvalue weighted by Gasteiger charge is 2.08. The average molecular weight is 392 g/mol. The number of amides is 1. The van der Waals surface area contributed by atoms with Crippen LogP contribution in [0.5, 0.6) is 5.75 Å². The quantitative estimate of drug-likeness (QED) is 0.522. The first-order valence-electron chi connectivity index (χ1n) is 8.81. The lowest BCUT2D eigenvalue weighted by molar-refractivity contribution is -0.118. The number of nitrogens with one attached hydrogen (secondary N) is 1. The number of hydrogen-bond donors (Lipinski definition) is 1. The molecule has 1 N–H and O–H groups in total. The van der Waals surface area contributed by atoms with Crippen molar-refractivity contribution >= 4 is 28.8 Å². The Balaban J connectivity index is 1.45. The molecule has 140 valence electrons. The van der Waals surface area contributed by atoms with Gasteiger partial charge in [-0.15, -0.1) is 0 Å². The van der Waals surface area contributed by atoms with Crippen LogP contribution in [0.4, 0.5) is 5.69 Å². The summed E-state index contributed by atoms with van der Waals surface area (Å²) in [6.07, 6.45) is 3.96. The number of benzene rings is 2. The summed E-state index contributed by atoms with van der Waals surface area (Å²) in [5.41, 5.74) is 4.51. The summed E-state index contributed by atoms with van der Waals surface area (Å²) in [6.45, 7) is 1.95. The number of aromatic nitrogens is 2. The molecule has 0 aliphatic heterocycles. The van der Waals surface area contributed by atoms with Gasteiger partial charge in [0.2, 0.25) is 0 Å². The van der Waals surface area contributed by atoms with Crippen molar-refractivity contribution in [3.05, 3.63) is 83.6 Å². The first-order chi connectivity index (χ1) is 13.6. The van der Waals surface area contributed by atoms with E-state index in [1.165, 1.54) is 0 Å². The Morgan fingerprint density at radius 2 is 1.96 bits per heavy atom. The molecule has 0 radical (unpaired) electrons. The van der Waals surface area contributed by atoms with Gasteiger partial charge in [0.25, 0.3) is 5.91 Å². The predicted molar refractivity (Wildman–Crippen MR) is 111 cm³/mol. The molecule has 2 aromatic heterocycles. The van der Waals surface area contributed by atoms with Gasteiger partial charge >= 0.3 is 0 Å². The van der Waals surface area contributed by atoms with Crippen LogP contribution in [0.3, 0.4) is 0 Å². The van der Waals surface area contributed by atoms with E-state index in [1.54, 1.807) is 24.3 Å². The highest BCUT2D eigenvalue weighted by Crippen LogP contribution is 2.23. The maximum atomic E-state index is 12.2. The summed E-state index contributed by atoms with van der Waals surface area (Å²) in [5, 5.41) is 3.47. The SMILES string of the molecule is Cc1ccn2cc(-c3cccc(NC(=O)COc4ccc(Cl)cc4)c3)nc2c1. The van der Waals surface area contributed by atoms with Crippen LogP contribution < -0.4 is 10.1 Å². The van der Waals surface area contributed by atoms with Crippen LogP contribution in [-0.4, -0.2) is 21.9 Å². The van der Waals surface area contributed by atoms with Gasteiger partial charge in [0, 0.05) is 28.7 Å². The molecule has 0 unspecified atom stereocenters. The molecule has 28 heavy (non-hydrogen) atoms. The summed E-state index contributed by atoms with van der Waals surface area (Å²) < 4.78 is 7.45. The number of hydrogen-bond acceptors (Lipinski definition) is 3. The Labute approximate surface area is 167 Å². The number of nitrogens with zero attached hydrogens (tertiary/aromatic N) is 2. The molecule has 0 bridgehead atoms. The molecule has 0 aliphatic rings. The van der Waals surface area contributed by atoms with Crippen LogP contribution in [-0.2, 0) is 4.79 Å². The third kappa shape index (κ3) is 4.15. The molecule has 4 aromatic rings. The summed E-state index contributed by atoms with van der Waals surface area (Å²) in [4.78, 5) is 16.9. The fourth-order valence-electron chi connectivity index (χ4n) is 2.86. The van der Waals surface area contributed by atoms with Crippen LogP contribution in [0.1, 0.15) is 5.56 Å². The van der Waals surface area contributed by atoms with E-state index in [0.29, 0.717) is 16.5 Å². The van der Waals surface area contributed by atoms with Crippen LogP contribution in [0.25, 0.3) is 16.9 Å². The minimum Gasteiger partial charge on any atom is -0.484 e. The van der Waals surface area contributed by atoms with E-state index in [0.717, 1.165) is 22.5 Å². The van der Waals surface area contributed by atoms with Crippen LogP contribution in [0.15, 0.2) is 73.1 Å². The number of imidazole rings is 1.